The molecule has 1 heterocycles. The molecule has 1 amide bonds. The maximum Gasteiger partial charge on any atom is 0.251 e. The normalized spacial score (nSPS) is 18.5. The fourth-order valence-corrected chi connectivity index (χ4v) is 3.09. The summed E-state index contributed by atoms with van der Waals surface area (Å²) in [6.07, 6.45) is 2.43. The number of hydrogen-bond donors (Lipinski definition) is 1. The topological polar surface area (TPSA) is 32.3 Å². The molecule has 1 aliphatic heterocycles. The molecule has 0 aromatic heterocycles. The lowest BCUT2D eigenvalue weighted by atomic mass is 9.98. The van der Waals surface area contributed by atoms with Gasteiger partial charge in [0.15, 0.2) is 0 Å². The largest absolute Gasteiger partial charge is 0.350 e. The Labute approximate surface area is 134 Å². The molecule has 1 N–H and O–H groups in total. The molecule has 1 aliphatic rings. The molecule has 0 radical (unpaired) electrons. The molecule has 21 heavy (non-hydrogen) atoms. The van der Waals surface area contributed by atoms with Gasteiger partial charge in [-0.15, -0.1) is 0 Å². The van der Waals surface area contributed by atoms with Crippen molar-refractivity contribution in [3.63, 3.8) is 0 Å². The van der Waals surface area contributed by atoms with Gasteiger partial charge in [-0.05, 0) is 57.0 Å². The average Bonchev–Trinajstić information content (AvgIpc) is 2.44. The third kappa shape index (κ3) is 4.78. The molecule has 1 fully saturated rings. The summed E-state index contributed by atoms with van der Waals surface area (Å²) in [6, 6.07) is 4.53. The van der Waals surface area contributed by atoms with Crippen LogP contribution in [-0.2, 0) is 0 Å². The number of hydrogen-bond acceptors (Lipinski definition) is 2. The van der Waals surface area contributed by atoms with Crippen molar-refractivity contribution < 1.29 is 9.18 Å². The first-order valence-electron chi connectivity index (χ1n) is 7.44. The summed E-state index contributed by atoms with van der Waals surface area (Å²) in [5.41, 5.74) is 0.348. The van der Waals surface area contributed by atoms with Crippen molar-refractivity contribution in [1.82, 2.24) is 10.2 Å². The Kier molecular flexibility index (Phi) is 5.76. The second kappa shape index (κ2) is 7.36. The Balaban J connectivity index is 1.85. The highest BCUT2D eigenvalue weighted by Gasteiger charge is 2.20. The molecule has 3 nitrogen and oxygen atoms in total. The zero-order valence-corrected chi connectivity index (χ0v) is 14.1. The summed E-state index contributed by atoms with van der Waals surface area (Å²) in [5.74, 6) is 0.160. The summed E-state index contributed by atoms with van der Waals surface area (Å²) in [5, 5.41) is 2.89. The summed E-state index contributed by atoms with van der Waals surface area (Å²) in [6.45, 7) is 7.16. The van der Waals surface area contributed by atoms with Crippen LogP contribution in [0.3, 0.4) is 0 Å². The molecule has 0 saturated carbocycles. The van der Waals surface area contributed by atoms with Crippen LogP contribution >= 0.6 is 15.9 Å². The van der Waals surface area contributed by atoms with Crippen LogP contribution in [0, 0.1) is 11.7 Å². The van der Waals surface area contributed by atoms with Crippen LogP contribution in [0.2, 0.25) is 0 Å². The molecule has 1 aromatic rings. The van der Waals surface area contributed by atoms with E-state index < -0.39 is 5.82 Å². The van der Waals surface area contributed by atoms with Gasteiger partial charge >= 0.3 is 0 Å². The second-order valence-electron chi connectivity index (χ2n) is 5.94. The van der Waals surface area contributed by atoms with E-state index in [0.717, 1.165) is 19.0 Å². The molecule has 1 saturated heterocycles. The van der Waals surface area contributed by atoms with Gasteiger partial charge in [0.05, 0.1) is 0 Å². The lowest BCUT2D eigenvalue weighted by molar-refractivity contribution is 0.0921. The van der Waals surface area contributed by atoms with E-state index in [1.807, 2.05) is 0 Å². The number of amides is 1. The molecule has 0 spiro atoms. The lowest BCUT2D eigenvalue weighted by Gasteiger charge is -2.35. The number of halogens is 2. The van der Waals surface area contributed by atoms with E-state index in [-0.39, 0.29) is 5.91 Å². The molecule has 5 heteroatoms. The molecular formula is C16H22BrFN2O. The average molecular weight is 357 g/mol. The number of nitrogens with one attached hydrogen (secondary N) is 1. The zero-order chi connectivity index (χ0) is 15.4. The van der Waals surface area contributed by atoms with Crippen molar-refractivity contribution in [3.05, 3.63) is 34.1 Å². The Morgan fingerprint density at radius 1 is 1.43 bits per heavy atom. The van der Waals surface area contributed by atoms with Gasteiger partial charge in [0, 0.05) is 22.6 Å². The van der Waals surface area contributed by atoms with Crippen LogP contribution in [0.5, 0.6) is 0 Å². The minimum absolute atomic E-state index is 0.229. The number of benzene rings is 1. The summed E-state index contributed by atoms with van der Waals surface area (Å²) in [4.78, 5) is 14.5. The minimum atomic E-state index is -0.410. The summed E-state index contributed by atoms with van der Waals surface area (Å²) >= 11 is 3.20. The molecule has 1 atom stereocenters. The fraction of sp³-hybridized carbons (Fsp3) is 0.562. The van der Waals surface area contributed by atoms with E-state index in [4.69, 9.17) is 0 Å². The molecule has 0 aliphatic carbocycles. The van der Waals surface area contributed by atoms with Gasteiger partial charge in [0.2, 0.25) is 0 Å². The van der Waals surface area contributed by atoms with Crippen molar-refractivity contribution in [2.45, 2.75) is 32.7 Å². The van der Waals surface area contributed by atoms with Gasteiger partial charge in [-0.2, -0.15) is 0 Å². The smallest absolute Gasteiger partial charge is 0.251 e. The predicted octanol–water partition coefficient (Wildman–Crippen LogP) is 3.44. The first-order valence-corrected chi connectivity index (χ1v) is 8.23. The molecule has 2 rings (SSSR count). The van der Waals surface area contributed by atoms with Crippen LogP contribution in [-0.4, -0.2) is 36.5 Å². The number of rotatable bonds is 4. The highest BCUT2D eigenvalue weighted by molar-refractivity contribution is 9.10. The monoisotopic (exact) mass is 356 g/mol. The second-order valence-corrected chi connectivity index (χ2v) is 6.85. The van der Waals surface area contributed by atoms with Crippen molar-refractivity contribution in [1.29, 1.82) is 0 Å². The van der Waals surface area contributed by atoms with E-state index in [2.05, 4.69) is 40.0 Å². The van der Waals surface area contributed by atoms with E-state index in [9.17, 15) is 9.18 Å². The molecule has 0 bridgehead atoms. The third-order valence-electron chi connectivity index (χ3n) is 4.12. The lowest BCUT2D eigenvalue weighted by Crippen LogP contribution is -2.45. The number of nitrogens with zero attached hydrogens (tertiary/aromatic N) is 1. The third-order valence-corrected chi connectivity index (χ3v) is 4.58. The number of piperidine rings is 1. The Bertz CT molecular complexity index is 481. The van der Waals surface area contributed by atoms with E-state index in [1.165, 1.54) is 25.0 Å². The van der Waals surface area contributed by atoms with Crippen molar-refractivity contribution in [3.8, 4) is 0 Å². The molecule has 1 unspecified atom stereocenters. The van der Waals surface area contributed by atoms with Crippen LogP contribution in [0.4, 0.5) is 4.39 Å². The Hall–Kier alpha value is -0.940. The van der Waals surface area contributed by atoms with Gasteiger partial charge < -0.3 is 5.32 Å². The molecule has 1 aromatic carbocycles. The summed E-state index contributed by atoms with van der Waals surface area (Å²) < 4.78 is 13.9. The fourth-order valence-electron chi connectivity index (χ4n) is 2.63. The SMILES string of the molecule is CC1CCN(C(C)CNC(=O)c2cc(F)cc(Br)c2)CC1. The predicted molar refractivity (Wildman–Crippen MR) is 85.9 cm³/mol. The first-order chi connectivity index (χ1) is 9.95. The number of likely N-dealkylation sites (tertiary alicyclic amines) is 1. The molecular weight excluding hydrogens is 335 g/mol. The van der Waals surface area contributed by atoms with Crippen molar-refractivity contribution in [2.75, 3.05) is 19.6 Å². The van der Waals surface area contributed by atoms with E-state index in [1.54, 1.807) is 6.07 Å². The van der Waals surface area contributed by atoms with Gasteiger partial charge in [-0.1, -0.05) is 22.9 Å². The number of carbonyl (C=O) groups excluding carboxylic acids is 1. The van der Waals surface area contributed by atoms with Crippen molar-refractivity contribution >= 4 is 21.8 Å². The van der Waals surface area contributed by atoms with Gasteiger partial charge in [-0.25, -0.2) is 4.39 Å². The zero-order valence-electron chi connectivity index (χ0n) is 12.5. The molecule has 116 valence electrons. The Morgan fingerprint density at radius 3 is 2.71 bits per heavy atom. The quantitative estimate of drug-likeness (QED) is 0.895. The summed E-state index contributed by atoms with van der Waals surface area (Å²) in [7, 11) is 0. The highest BCUT2D eigenvalue weighted by Crippen LogP contribution is 2.18. The standard InChI is InChI=1S/C16H22BrFN2O/c1-11-3-5-20(6-4-11)12(2)10-19-16(21)13-7-14(17)9-15(18)8-13/h7-9,11-12H,3-6,10H2,1-2H3,(H,19,21). The maximum atomic E-state index is 13.3. The van der Waals surface area contributed by atoms with Crippen LogP contribution in [0.15, 0.2) is 22.7 Å². The van der Waals surface area contributed by atoms with Crippen LogP contribution in [0.25, 0.3) is 0 Å². The maximum absolute atomic E-state index is 13.3. The first kappa shape index (κ1) is 16.4. The van der Waals surface area contributed by atoms with Crippen molar-refractivity contribution in [2.24, 2.45) is 5.92 Å². The minimum Gasteiger partial charge on any atom is -0.350 e. The number of carbonyl (C=O) groups is 1. The van der Waals surface area contributed by atoms with E-state index >= 15 is 0 Å². The van der Waals surface area contributed by atoms with Gasteiger partial charge in [0.25, 0.3) is 5.91 Å². The van der Waals surface area contributed by atoms with Crippen LogP contribution in [0.1, 0.15) is 37.0 Å². The highest BCUT2D eigenvalue weighted by atomic mass is 79.9. The van der Waals surface area contributed by atoms with E-state index in [0.29, 0.717) is 22.6 Å². The Morgan fingerprint density at radius 2 is 2.10 bits per heavy atom. The van der Waals surface area contributed by atoms with Crippen LogP contribution < -0.4 is 5.32 Å². The van der Waals surface area contributed by atoms with Gasteiger partial charge in [0.1, 0.15) is 5.82 Å². The van der Waals surface area contributed by atoms with Gasteiger partial charge in [-0.3, -0.25) is 9.69 Å².